The second-order valence-corrected chi connectivity index (χ2v) is 7.23. The van der Waals surface area contributed by atoms with Crippen LogP contribution in [0.5, 0.6) is 0 Å². The molecule has 1 saturated heterocycles. The zero-order valence-electron chi connectivity index (χ0n) is 13.4. The number of halogens is 3. The van der Waals surface area contributed by atoms with Gasteiger partial charge in [0.25, 0.3) is 0 Å². The molecular weight excluding hydrogens is 359 g/mol. The molecule has 1 aliphatic heterocycles. The van der Waals surface area contributed by atoms with Crippen LogP contribution in [0.2, 0.25) is 0 Å². The van der Waals surface area contributed by atoms with Crippen LogP contribution in [0.25, 0.3) is 0 Å². The first-order chi connectivity index (χ1) is 11.8. The molecule has 2 aliphatic rings. The summed E-state index contributed by atoms with van der Waals surface area (Å²) in [6, 6.07) is -0.435. The van der Waals surface area contributed by atoms with Crippen molar-refractivity contribution < 1.29 is 22.8 Å². The fourth-order valence-corrected chi connectivity index (χ4v) is 3.41. The average Bonchev–Trinajstić information content (AvgIpc) is 3.32. The number of hydrogen-bond donors (Lipinski definition) is 1. The van der Waals surface area contributed by atoms with E-state index in [-0.39, 0.29) is 22.0 Å². The molecule has 1 aliphatic carbocycles. The average molecular weight is 377 g/mol. The monoisotopic (exact) mass is 377 g/mol. The van der Waals surface area contributed by atoms with Crippen LogP contribution < -0.4 is 5.32 Å². The molecule has 11 heteroatoms. The fraction of sp³-hybridized carbons (Fsp3) is 0.714. The van der Waals surface area contributed by atoms with Crippen molar-refractivity contribution in [1.29, 1.82) is 0 Å². The number of urea groups is 1. The second kappa shape index (κ2) is 7.14. The Morgan fingerprint density at radius 2 is 1.80 bits per heavy atom. The van der Waals surface area contributed by atoms with E-state index in [0.29, 0.717) is 43.9 Å². The van der Waals surface area contributed by atoms with Crippen molar-refractivity contribution in [3.8, 4) is 0 Å². The number of aromatic nitrogens is 2. The molecule has 0 atom stereocenters. The van der Waals surface area contributed by atoms with E-state index in [9.17, 15) is 22.8 Å². The van der Waals surface area contributed by atoms with Gasteiger partial charge in [-0.15, -0.1) is 10.2 Å². The van der Waals surface area contributed by atoms with E-state index in [1.54, 1.807) is 9.80 Å². The predicted octanol–water partition coefficient (Wildman–Crippen LogP) is 2.12. The minimum Gasteiger partial charge on any atom is -0.341 e. The number of rotatable bonds is 3. The number of anilines is 1. The molecule has 1 saturated carbocycles. The zero-order valence-corrected chi connectivity index (χ0v) is 14.2. The highest BCUT2D eigenvalue weighted by Gasteiger charge is 2.34. The molecule has 0 bridgehead atoms. The third kappa shape index (κ3) is 5.03. The Morgan fingerprint density at radius 3 is 2.48 bits per heavy atom. The SMILES string of the molecule is O=C(Nc1nnc(CC(F)(F)F)s1)N1CCCN(C(=O)C2CC2)CC1. The largest absolute Gasteiger partial charge is 0.395 e. The molecule has 2 fully saturated rings. The fourth-order valence-electron chi connectivity index (χ4n) is 2.65. The first kappa shape index (κ1) is 17.9. The van der Waals surface area contributed by atoms with Crippen LogP contribution in [0, 0.1) is 5.92 Å². The van der Waals surface area contributed by atoms with Crippen molar-refractivity contribution in [3.63, 3.8) is 0 Å². The van der Waals surface area contributed by atoms with Crippen LogP contribution in [0.15, 0.2) is 0 Å². The number of hydrogen-bond acceptors (Lipinski definition) is 5. The van der Waals surface area contributed by atoms with Gasteiger partial charge in [-0.1, -0.05) is 11.3 Å². The summed E-state index contributed by atoms with van der Waals surface area (Å²) in [5, 5.41) is 9.35. The Morgan fingerprint density at radius 1 is 1.12 bits per heavy atom. The van der Waals surface area contributed by atoms with Gasteiger partial charge >= 0.3 is 12.2 Å². The molecule has 138 valence electrons. The van der Waals surface area contributed by atoms with Crippen LogP contribution in [-0.2, 0) is 11.2 Å². The maximum Gasteiger partial charge on any atom is 0.395 e. The Hall–Kier alpha value is -1.91. The van der Waals surface area contributed by atoms with Crippen molar-refractivity contribution in [2.24, 2.45) is 5.92 Å². The molecule has 3 amide bonds. The maximum atomic E-state index is 12.3. The Labute approximate surface area is 146 Å². The molecule has 2 heterocycles. The lowest BCUT2D eigenvalue weighted by atomic mass is 10.3. The minimum absolute atomic E-state index is 0.0411. The van der Waals surface area contributed by atoms with Crippen molar-refractivity contribution in [2.75, 3.05) is 31.5 Å². The summed E-state index contributed by atoms with van der Waals surface area (Å²) in [7, 11) is 0. The summed E-state index contributed by atoms with van der Waals surface area (Å²) >= 11 is 0.710. The van der Waals surface area contributed by atoms with E-state index in [4.69, 9.17) is 0 Å². The number of amides is 3. The second-order valence-electron chi connectivity index (χ2n) is 6.16. The molecule has 25 heavy (non-hydrogen) atoms. The van der Waals surface area contributed by atoms with Gasteiger partial charge in [-0.3, -0.25) is 10.1 Å². The van der Waals surface area contributed by atoms with Crippen molar-refractivity contribution in [1.82, 2.24) is 20.0 Å². The first-order valence-corrected chi connectivity index (χ1v) is 8.87. The van der Waals surface area contributed by atoms with Crippen molar-refractivity contribution >= 4 is 28.4 Å². The topological polar surface area (TPSA) is 78.4 Å². The minimum atomic E-state index is -4.36. The highest BCUT2D eigenvalue weighted by Crippen LogP contribution is 2.31. The summed E-state index contributed by atoms with van der Waals surface area (Å²) in [4.78, 5) is 27.7. The lowest BCUT2D eigenvalue weighted by Gasteiger charge is -2.22. The molecule has 1 N–H and O–H groups in total. The van der Waals surface area contributed by atoms with E-state index in [1.165, 1.54) is 0 Å². The van der Waals surface area contributed by atoms with Crippen LogP contribution >= 0.6 is 11.3 Å². The van der Waals surface area contributed by atoms with Gasteiger partial charge < -0.3 is 9.80 Å². The Kier molecular flexibility index (Phi) is 5.11. The predicted molar refractivity (Wildman–Crippen MR) is 84.2 cm³/mol. The van der Waals surface area contributed by atoms with Gasteiger partial charge in [-0.25, -0.2) is 4.79 Å². The third-order valence-corrected chi connectivity index (χ3v) is 4.89. The van der Waals surface area contributed by atoms with Gasteiger partial charge in [-0.2, -0.15) is 13.2 Å². The summed E-state index contributed by atoms with van der Waals surface area (Å²) < 4.78 is 37.0. The van der Waals surface area contributed by atoms with Crippen LogP contribution in [0.1, 0.15) is 24.3 Å². The standard InChI is InChI=1S/C14H18F3N5O2S/c15-14(16,17)8-10-19-20-12(25-10)18-13(24)22-5-1-4-21(6-7-22)11(23)9-2-3-9/h9H,1-8H2,(H,18,20,24). The van der Waals surface area contributed by atoms with E-state index in [2.05, 4.69) is 15.5 Å². The van der Waals surface area contributed by atoms with Gasteiger partial charge in [0, 0.05) is 32.1 Å². The van der Waals surface area contributed by atoms with E-state index < -0.39 is 18.6 Å². The number of nitrogens with one attached hydrogen (secondary N) is 1. The number of carbonyl (C=O) groups excluding carboxylic acids is 2. The normalized spacial score (nSPS) is 18.8. The summed E-state index contributed by atoms with van der Waals surface area (Å²) in [6.45, 7) is 1.96. The van der Waals surface area contributed by atoms with Crippen LogP contribution in [0.3, 0.4) is 0 Å². The Balaban J connectivity index is 1.52. The molecule has 0 radical (unpaired) electrons. The quantitative estimate of drug-likeness (QED) is 0.875. The smallest absolute Gasteiger partial charge is 0.341 e. The van der Waals surface area contributed by atoms with E-state index in [0.717, 1.165) is 12.8 Å². The molecule has 0 unspecified atom stereocenters. The summed E-state index contributed by atoms with van der Waals surface area (Å²) in [5.41, 5.74) is 0. The van der Waals surface area contributed by atoms with Gasteiger partial charge in [0.15, 0.2) is 0 Å². The maximum absolute atomic E-state index is 12.3. The summed E-state index contributed by atoms with van der Waals surface area (Å²) in [5.74, 6) is 0.303. The molecular formula is C14H18F3N5O2S. The van der Waals surface area contributed by atoms with Crippen LogP contribution in [0.4, 0.5) is 23.1 Å². The van der Waals surface area contributed by atoms with E-state index in [1.807, 2.05) is 0 Å². The molecule has 0 spiro atoms. The van der Waals surface area contributed by atoms with Crippen LogP contribution in [-0.4, -0.2) is 64.3 Å². The van der Waals surface area contributed by atoms with Gasteiger partial charge in [0.1, 0.15) is 5.01 Å². The highest BCUT2D eigenvalue weighted by atomic mass is 32.1. The van der Waals surface area contributed by atoms with Gasteiger partial charge in [-0.05, 0) is 19.3 Å². The molecule has 0 aromatic carbocycles. The highest BCUT2D eigenvalue weighted by molar-refractivity contribution is 7.15. The zero-order chi connectivity index (χ0) is 18.0. The van der Waals surface area contributed by atoms with Crippen molar-refractivity contribution in [2.45, 2.75) is 31.9 Å². The van der Waals surface area contributed by atoms with Crippen molar-refractivity contribution in [3.05, 3.63) is 5.01 Å². The Bertz CT molecular complexity index is 647. The van der Waals surface area contributed by atoms with Gasteiger partial charge in [0.2, 0.25) is 11.0 Å². The third-order valence-electron chi connectivity index (χ3n) is 4.05. The number of nitrogens with zero attached hydrogens (tertiary/aromatic N) is 4. The van der Waals surface area contributed by atoms with Gasteiger partial charge in [0.05, 0.1) is 6.42 Å². The first-order valence-electron chi connectivity index (χ1n) is 8.06. The summed E-state index contributed by atoms with van der Waals surface area (Å²) in [6.07, 6.45) is -2.97. The lowest BCUT2D eigenvalue weighted by molar-refractivity contribution is -0.132. The number of alkyl halides is 3. The molecule has 1 aromatic heterocycles. The number of carbonyl (C=O) groups is 2. The molecule has 3 rings (SSSR count). The molecule has 1 aromatic rings. The molecule has 7 nitrogen and oxygen atoms in total. The van der Waals surface area contributed by atoms with E-state index >= 15 is 0 Å². The lowest BCUT2D eigenvalue weighted by Crippen LogP contribution is -2.39.